The van der Waals surface area contributed by atoms with E-state index in [1.54, 1.807) is 0 Å². The standard InChI is InChI=1S/C11H11F3N2O3/c12-11(13,14)6-16-3-1-8(10(16)18)15-9(17)7-2-4-19-5-7/h2,4-5,8H,1,3,6H2,(H,15,17). The predicted molar refractivity (Wildman–Crippen MR) is 57.2 cm³/mol. The molecule has 1 aliphatic rings. The third-order valence-corrected chi connectivity index (χ3v) is 2.76. The third kappa shape index (κ3) is 3.27. The van der Waals surface area contributed by atoms with Gasteiger partial charge in [0.2, 0.25) is 5.91 Å². The molecule has 2 heterocycles. The van der Waals surface area contributed by atoms with Crippen molar-refractivity contribution in [2.24, 2.45) is 0 Å². The second-order valence-corrected chi connectivity index (χ2v) is 4.20. The van der Waals surface area contributed by atoms with E-state index in [1.807, 2.05) is 0 Å². The molecule has 1 fully saturated rings. The van der Waals surface area contributed by atoms with Gasteiger partial charge in [-0.3, -0.25) is 9.59 Å². The zero-order valence-corrected chi connectivity index (χ0v) is 9.74. The van der Waals surface area contributed by atoms with Crippen molar-refractivity contribution in [3.8, 4) is 0 Å². The highest BCUT2D eigenvalue weighted by Crippen LogP contribution is 2.21. The summed E-state index contributed by atoms with van der Waals surface area (Å²) in [7, 11) is 0. The fourth-order valence-electron chi connectivity index (χ4n) is 1.88. The second kappa shape index (κ2) is 4.94. The molecule has 0 saturated carbocycles. The number of carbonyl (C=O) groups is 2. The van der Waals surface area contributed by atoms with E-state index in [9.17, 15) is 22.8 Å². The molecule has 0 aromatic carbocycles. The monoisotopic (exact) mass is 276 g/mol. The lowest BCUT2D eigenvalue weighted by Gasteiger charge is -2.18. The van der Waals surface area contributed by atoms with Crippen LogP contribution in [-0.4, -0.2) is 42.0 Å². The van der Waals surface area contributed by atoms with E-state index in [2.05, 4.69) is 5.32 Å². The van der Waals surface area contributed by atoms with Crippen LogP contribution in [0.15, 0.2) is 23.0 Å². The zero-order valence-electron chi connectivity index (χ0n) is 9.74. The minimum absolute atomic E-state index is 0.0192. The number of rotatable bonds is 3. The SMILES string of the molecule is O=C(NC1CCN(CC(F)(F)F)C1=O)c1ccoc1. The van der Waals surface area contributed by atoms with Gasteiger partial charge in [0, 0.05) is 6.54 Å². The Morgan fingerprint density at radius 2 is 2.26 bits per heavy atom. The van der Waals surface area contributed by atoms with Crippen molar-refractivity contribution in [2.75, 3.05) is 13.1 Å². The second-order valence-electron chi connectivity index (χ2n) is 4.20. The van der Waals surface area contributed by atoms with E-state index >= 15 is 0 Å². The molecule has 0 bridgehead atoms. The number of hydrogen-bond donors (Lipinski definition) is 1. The predicted octanol–water partition coefficient (Wildman–Crippen LogP) is 1.17. The number of hydrogen-bond acceptors (Lipinski definition) is 3. The molecular weight excluding hydrogens is 265 g/mol. The van der Waals surface area contributed by atoms with Gasteiger partial charge in [-0.15, -0.1) is 0 Å². The first-order valence-electron chi connectivity index (χ1n) is 5.55. The van der Waals surface area contributed by atoms with Gasteiger partial charge in [-0.1, -0.05) is 0 Å². The average Bonchev–Trinajstić information content (AvgIpc) is 2.92. The van der Waals surface area contributed by atoms with Crippen LogP contribution in [0.3, 0.4) is 0 Å². The van der Waals surface area contributed by atoms with Crippen LogP contribution < -0.4 is 5.32 Å². The molecular formula is C11H11F3N2O3. The lowest BCUT2D eigenvalue weighted by Crippen LogP contribution is -2.43. The first kappa shape index (κ1) is 13.4. The quantitative estimate of drug-likeness (QED) is 0.901. The summed E-state index contributed by atoms with van der Waals surface area (Å²) in [6, 6.07) is 0.493. The van der Waals surface area contributed by atoms with Crippen LogP contribution >= 0.6 is 0 Å². The molecule has 1 atom stereocenters. The number of nitrogens with one attached hydrogen (secondary N) is 1. The molecule has 0 spiro atoms. The van der Waals surface area contributed by atoms with E-state index in [-0.39, 0.29) is 18.5 Å². The molecule has 1 aliphatic heterocycles. The molecule has 1 aromatic heterocycles. The van der Waals surface area contributed by atoms with Crippen LogP contribution in [-0.2, 0) is 4.79 Å². The fraction of sp³-hybridized carbons (Fsp3) is 0.455. The van der Waals surface area contributed by atoms with Gasteiger partial charge in [-0.2, -0.15) is 13.2 Å². The number of carbonyl (C=O) groups excluding carboxylic acids is 2. The minimum Gasteiger partial charge on any atom is -0.472 e. The molecule has 2 rings (SSSR count). The maximum Gasteiger partial charge on any atom is 0.406 e. The molecule has 1 N–H and O–H groups in total. The van der Waals surface area contributed by atoms with Gasteiger partial charge in [0.25, 0.3) is 5.91 Å². The Bertz CT molecular complexity index is 470. The van der Waals surface area contributed by atoms with Crippen molar-refractivity contribution in [2.45, 2.75) is 18.6 Å². The minimum atomic E-state index is -4.43. The summed E-state index contributed by atoms with van der Waals surface area (Å²) in [5, 5.41) is 2.39. The van der Waals surface area contributed by atoms with E-state index in [1.165, 1.54) is 18.6 Å². The Balaban J connectivity index is 1.93. The highest BCUT2D eigenvalue weighted by atomic mass is 19.4. The number of amides is 2. The van der Waals surface area contributed by atoms with Gasteiger partial charge in [0.05, 0.1) is 11.8 Å². The van der Waals surface area contributed by atoms with Gasteiger partial charge < -0.3 is 14.6 Å². The van der Waals surface area contributed by atoms with Crippen molar-refractivity contribution in [1.29, 1.82) is 0 Å². The first-order valence-corrected chi connectivity index (χ1v) is 5.55. The lowest BCUT2D eigenvalue weighted by molar-refractivity contribution is -0.157. The van der Waals surface area contributed by atoms with Gasteiger partial charge in [-0.05, 0) is 12.5 Å². The highest BCUT2D eigenvalue weighted by Gasteiger charge is 2.39. The van der Waals surface area contributed by atoms with Crippen LogP contribution in [0, 0.1) is 0 Å². The Morgan fingerprint density at radius 3 is 2.84 bits per heavy atom. The van der Waals surface area contributed by atoms with E-state index in [0.717, 1.165) is 0 Å². The number of nitrogens with zero attached hydrogens (tertiary/aromatic N) is 1. The average molecular weight is 276 g/mol. The molecule has 8 heteroatoms. The third-order valence-electron chi connectivity index (χ3n) is 2.76. The lowest BCUT2D eigenvalue weighted by atomic mass is 10.2. The summed E-state index contributed by atoms with van der Waals surface area (Å²) in [5.41, 5.74) is 0.224. The van der Waals surface area contributed by atoms with Gasteiger partial charge in [0.15, 0.2) is 0 Å². The summed E-state index contributed by atoms with van der Waals surface area (Å²) < 4.78 is 41.3. The zero-order chi connectivity index (χ0) is 14.0. The number of furan rings is 1. The maximum atomic E-state index is 12.2. The Morgan fingerprint density at radius 1 is 1.53 bits per heavy atom. The van der Waals surface area contributed by atoms with Crippen LogP contribution in [0.25, 0.3) is 0 Å². The molecule has 5 nitrogen and oxygen atoms in total. The fourth-order valence-corrected chi connectivity index (χ4v) is 1.88. The van der Waals surface area contributed by atoms with Crippen LogP contribution in [0.4, 0.5) is 13.2 Å². The Labute approximate surface area is 106 Å². The number of halogens is 3. The molecule has 0 radical (unpaired) electrons. The smallest absolute Gasteiger partial charge is 0.406 e. The van der Waals surface area contributed by atoms with E-state index in [4.69, 9.17) is 4.42 Å². The van der Waals surface area contributed by atoms with Gasteiger partial charge >= 0.3 is 6.18 Å². The summed E-state index contributed by atoms with van der Waals surface area (Å²) in [6.07, 6.45) is -1.78. The topological polar surface area (TPSA) is 62.6 Å². The summed E-state index contributed by atoms with van der Waals surface area (Å²) in [4.78, 5) is 24.0. The number of likely N-dealkylation sites (tertiary alicyclic amines) is 1. The van der Waals surface area contributed by atoms with Crippen molar-refractivity contribution in [1.82, 2.24) is 10.2 Å². The van der Waals surface area contributed by atoms with Gasteiger partial charge in [0.1, 0.15) is 18.8 Å². The van der Waals surface area contributed by atoms with Crippen LogP contribution in [0.2, 0.25) is 0 Å². The maximum absolute atomic E-state index is 12.2. The largest absolute Gasteiger partial charge is 0.472 e. The molecule has 1 saturated heterocycles. The number of alkyl halides is 3. The van der Waals surface area contributed by atoms with Crippen LogP contribution in [0.5, 0.6) is 0 Å². The molecule has 19 heavy (non-hydrogen) atoms. The van der Waals surface area contributed by atoms with Crippen molar-refractivity contribution in [3.63, 3.8) is 0 Å². The summed E-state index contributed by atoms with van der Waals surface area (Å²) >= 11 is 0. The molecule has 104 valence electrons. The Hall–Kier alpha value is -1.99. The Kier molecular flexibility index (Phi) is 3.50. The van der Waals surface area contributed by atoms with Crippen molar-refractivity contribution < 1.29 is 27.2 Å². The molecule has 1 unspecified atom stereocenters. The summed E-state index contributed by atoms with van der Waals surface area (Å²) in [5.74, 6) is -1.25. The van der Waals surface area contributed by atoms with Crippen LogP contribution in [0.1, 0.15) is 16.8 Å². The first-order chi connectivity index (χ1) is 8.87. The molecule has 1 aromatic rings. The van der Waals surface area contributed by atoms with Crippen molar-refractivity contribution in [3.05, 3.63) is 24.2 Å². The molecule has 2 amide bonds. The molecule has 0 aliphatic carbocycles. The van der Waals surface area contributed by atoms with E-state index in [0.29, 0.717) is 4.90 Å². The summed E-state index contributed by atoms with van der Waals surface area (Å²) in [6.45, 7) is -1.31. The van der Waals surface area contributed by atoms with Gasteiger partial charge in [-0.25, -0.2) is 0 Å². The van der Waals surface area contributed by atoms with E-state index < -0.39 is 30.6 Å². The normalized spacial score (nSPS) is 19.8. The van der Waals surface area contributed by atoms with Crippen molar-refractivity contribution >= 4 is 11.8 Å². The highest BCUT2D eigenvalue weighted by molar-refractivity contribution is 5.97.